The largest absolute Gasteiger partial charge is 0.431 e. The normalized spacial score (nSPS) is 10.6. The van der Waals surface area contributed by atoms with Gasteiger partial charge in [0, 0.05) is 11.9 Å². The van der Waals surface area contributed by atoms with Crippen molar-refractivity contribution in [2.45, 2.75) is 17.2 Å². The van der Waals surface area contributed by atoms with Gasteiger partial charge in [-0.3, -0.25) is 0 Å². The van der Waals surface area contributed by atoms with Gasteiger partial charge in [-0.2, -0.15) is 5.26 Å². The third-order valence-electron chi connectivity index (χ3n) is 2.81. The number of pyridine rings is 1. The van der Waals surface area contributed by atoms with Crippen LogP contribution in [0.15, 0.2) is 45.1 Å². The van der Waals surface area contributed by atoms with Gasteiger partial charge in [0.25, 0.3) is 5.22 Å². The van der Waals surface area contributed by atoms with Crippen LogP contribution in [0.4, 0.5) is 5.69 Å². The lowest BCUT2D eigenvalue weighted by Gasteiger charge is -2.01. The number of rotatable bonds is 2. The van der Waals surface area contributed by atoms with Crippen LogP contribution in [-0.4, -0.2) is 9.97 Å². The predicted octanol–water partition coefficient (Wildman–Crippen LogP) is 3.14. The lowest BCUT2D eigenvalue weighted by atomic mass is 10.2. The molecule has 2 heterocycles. The topological polar surface area (TPSA) is 88.7 Å². The van der Waals surface area contributed by atoms with Crippen molar-refractivity contribution < 1.29 is 4.42 Å². The highest BCUT2D eigenvalue weighted by molar-refractivity contribution is 7.99. The second kappa shape index (κ2) is 4.87. The lowest BCUT2D eigenvalue weighted by molar-refractivity contribution is 0.489. The van der Waals surface area contributed by atoms with Crippen molar-refractivity contribution in [1.82, 2.24) is 9.97 Å². The molecule has 0 aliphatic rings. The van der Waals surface area contributed by atoms with Crippen molar-refractivity contribution in [2.75, 3.05) is 5.73 Å². The first kappa shape index (κ1) is 12.5. The van der Waals surface area contributed by atoms with Crippen LogP contribution < -0.4 is 5.73 Å². The number of oxazole rings is 1. The van der Waals surface area contributed by atoms with E-state index in [0.29, 0.717) is 32.6 Å². The summed E-state index contributed by atoms with van der Waals surface area (Å²) in [6, 6.07) is 9.23. The summed E-state index contributed by atoms with van der Waals surface area (Å²) in [7, 11) is 0. The zero-order valence-electron chi connectivity index (χ0n) is 10.6. The van der Waals surface area contributed by atoms with Crippen molar-refractivity contribution in [3.8, 4) is 6.07 Å². The maximum atomic E-state index is 9.18. The molecule has 5 nitrogen and oxygen atoms in total. The van der Waals surface area contributed by atoms with Gasteiger partial charge in [-0.25, -0.2) is 9.97 Å². The molecule has 3 rings (SSSR count). The van der Waals surface area contributed by atoms with Crippen molar-refractivity contribution in [3.63, 3.8) is 0 Å². The summed E-state index contributed by atoms with van der Waals surface area (Å²) in [5.74, 6) is 0. The Hall–Kier alpha value is -2.52. The van der Waals surface area contributed by atoms with Crippen LogP contribution >= 0.6 is 11.8 Å². The third kappa shape index (κ3) is 2.19. The smallest absolute Gasteiger partial charge is 0.263 e. The monoisotopic (exact) mass is 282 g/mol. The average molecular weight is 282 g/mol. The highest BCUT2D eigenvalue weighted by atomic mass is 32.2. The van der Waals surface area contributed by atoms with E-state index in [1.807, 2.05) is 6.92 Å². The Labute approximate surface area is 119 Å². The summed E-state index contributed by atoms with van der Waals surface area (Å²) < 4.78 is 5.61. The fourth-order valence-electron chi connectivity index (χ4n) is 1.80. The van der Waals surface area contributed by atoms with Crippen LogP contribution in [0, 0.1) is 18.3 Å². The number of hydrogen-bond acceptors (Lipinski definition) is 6. The molecule has 0 bridgehead atoms. The maximum Gasteiger partial charge on any atom is 0.263 e. The Balaban J connectivity index is 2.02. The molecule has 0 aliphatic heterocycles. The Morgan fingerprint density at radius 3 is 3.00 bits per heavy atom. The molecule has 3 aromatic rings. The Morgan fingerprint density at radius 1 is 1.35 bits per heavy atom. The minimum atomic E-state index is 0.445. The standard InChI is InChI=1S/C14H10N4OS/c1-8-4-5-17-13(10(8)7-15)20-14-18-11-6-9(16)2-3-12(11)19-14/h2-6H,16H2,1H3. The Kier molecular flexibility index (Phi) is 3.05. The first-order valence-electron chi connectivity index (χ1n) is 5.87. The number of nitrogen functional groups attached to an aromatic ring is 1. The molecule has 2 N–H and O–H groups in total. The lowest BCUT2D eigenvalue weighted by Crippen LogP contribution is -1.90. The molecule has 0 fully saturated rings. The van der Waals surface area contributed by atoms with Gasteiger partial charge in [-0.15, -0.1) is 0 Å². The minimum absolute atomic E-state index is 0.445. The van der Waals surface area contributed by atoms with Crippen LogP contribution in [-0.2, 0) is 0 Å². The second-order valence-corrected chi connectivity index (χ2v) is 5.17. The molecular weight excluding hydrogens is 272 g/mol. The summed E-state index contributed by atoms with van der Waals surface area (Å²) in [5.41, 5.74) is 9.11. The van der Waals surface area contributed by atoms with Crippen molar-refractivity contribution in [1.29, 1.82) is 5.26 Å². The zero-order chi connectivity index (χ0) is 14.1. The highest BCUT2D eigenvalue weighted by Crippen LogP contribution is 2.31. The van der Waals surface area contributed by atoms with E-state index < -0.39 is 0 Å². The minimum Gasteiger partial charge on any atom is -0.431 e. The van der Waals surface area contributed by atoms with Gasteiger partial charge in [0.1, 0.15) is 16.6 Å². The van der Waals surface area contributed by atoms with Gasteiger partial charge in [0.05, 0.1) is 5.56 Å². The van der Waals surface area contributed by atoms with Crippen molar-refractivity contribution in [2.24, 2.45) is 0 Å². The van der Waals surface area contributed by atoms with Crippen molar-refractivity contribution in [3.05, 3.63) is 41.6 Å². The molecular formula is C14H10N4OS. The summed E-state index contributed by atoms with van der Waals surface area (Å²) >= 11 is 1.23. The highest BCUT2D eigenvalue weighted by Gasteiger charge is 2.13. The SMILES string of the molecule is Cc1ccnc(Sc2nc3cc(N)ccc3o2)c1C#N. The van der Waals surface area contributed by atoms with E-state index in [9.17, 15) is 5.26 Å². The van der Waals surface area contributed by atoms with E-state index >= 15 is 0 Å². The fourth-order valence-corrected chi connectivity index (χ4v) is 2.66. The fraction of sp³-hybridized carbons (Fsp3) is 0.0714. The first-order chi connectivity index (χ1) is 9.67. The Bertz CT molecular complexity index is 835. The summed E-state index contributed by atoms with van der Waals surface area (Å²) in [6.07, 6.45) is 1.67. The Morgan fingerprint density at radius 2 is 2.20 bits per heavy atom. The number of anilines is 1. The predicted molar refractivity (Wildman–Crippen MR) is 76.2 cm³/mol. The van der Waals surface area contributed by atoms with E-state index in [4.69, 9.17) is 10.2 Å². The van der Waals surface area contributed by atoms with Gasteiger partial charge < -0.3 is 10.2 Å². The zero-order valence-corrected chi connectivity index (χ0v) is 11.4. The summed E-state index contributed by atoms with van der Waals surface area (Å²) in [5, 5.41) is 10.2. The van der Waals surface area contributed by atoms with Gasteiger partial charge in [0.15, 0.2) is 5.58 Å². The average Bonchev–Trinajstić information content (AvgIpc) is 2.80. The number of nitrogens with two attached hydrogens (primary N) is 1. The summed E-state index contributed by atoms with van der Waals surface area (Å²) in [6.45, 7) is 1.87. The van der Waals surface area contributed by atoms with Crippen LogP contribution in [0.5, 0.6) is 0 Å². The number of fused-ring (bicyclic) bond motifs is 1. The van der Waals surface area contributed by atoms with Crippen LogP contribution in [0.2, 0.25) is 0 Å². The number of aryl methyl sites for hydroxylation is 1. The van der Waals surface area contributed by atoms with E-state index in [2.05, 4.69) is 16.0 Å². The molecule has 20 heavy (non-hydrogen) atoms. The molecule has 1 aromatic carbocycles. The molecule has 0 atom stereocenters. The third-order valence-corrected chi connectivity index (χ3v) is 3.66. The maximum absolute atomic E-state index is 9.18. The number of nitrogens with zero attached hydrogens (tertiary/aromatic N) is 3. The molecule has 0 saturated heterocycles. The van der Waals surface area contributed by atoms with E-state index in [1.54, 1.807) is 30.5 Å². The van der Waals surface area contributed by atoms with E-state index in [0.717, 1.165) is 5.56 Å². The number of nitriles is 1. The first-order valence-corrected chi connectivity index (χ1v) is 6.68. The molecule has 0 aliphatic carbocycles. The molecule has 0 saturated carbocycles. The van der Waals surface area contributed by atoms with Gasteiger partial charge in [0.2, 0.25) is 0 Å². The van der Waals surface area contributed by atoms with Gasteiger partial charge in [-0.05, 0) is 48.5 Å². The second-order valence-electron chi connectivity index (χ2n) is 4.23. The van der Waals surface area contributed by atoms with Gasteiger partial charge >= 0.3 is 0 Å². The van der Waals surface area contributed by atoms with Crippen LogP contribution in [0.1, 0.15) is 11.1 Å². The number of benzene rings is 1. The van der Waals surface area contributed by atoms with E-state index in [-0.39, 0.29) is 0 Å². The molecule has 0 radical (unpaired) electrons. The molecule has 0 unspecified atom stereocenters. The van der Waals surface area contributed by atoms with Crippen molar-refractivity contribution >= 4 is 28.5 Å². The quantitative estimate of drug-likeness (QED) is 0.726. The van der Waals surface area contributed by atoms with Gasteiger partial charge in [-0.1, -0.05) is 0 Å². The number of aromatic nitrogens is 2. The summed E-state index contributed by atoms with van der Waals surface area (Å²) in [4.78, 5) is 8.55. The van der Waals surface area contributed by atoms with Crippen LogP contribution in [0.3, 0.4) is 0 Å². The molecule has 6 heteroatoms. The molecule has 2 aromatic heterocycles. The molecule has 0 amide bonds. The number of hydrogen-bond donors (Lipinski definition) is 1. The molecule has 98 valence electrons. The molecule has 0 spiro atoms. The van der Waals surface area contributed by atoms with E-state index in [1.165, 1.54) is 11.8 Å². The van der Waals surface area contributed by atoms with Crippen LogP contribution in [0.25, 0.3) is 11.1 Å².